The first-order chi connectivity index (χ1) is 18.1. The van der Waals surface area contributed by atoms with Gasteiger partial charge in [-0.15, -0.1) is 0 Å². The summed E-state index contributed by atoms with van der Waals surface area (Å²) in [5, 5.41) is 0. The van der Waals surface area contributed by atoms with Gasteiger partial charge in [-0.05, 0) is 137 Å². The monoisotopic (exact) mass is 529 g/mol. The molecule has 0 fully saturated rings. The summed E-state index contributed by atoms with van der Waals surface area (Å²) in [7, 11) is 3.37. The number of rotatable bonds is 6. The lowest BCUT2D eigenvalue weighted by Crippen LogP contribution is -2.42. The molecule has 0 atom stereocenters. The second-order valence-electron chi connectivity index (χ2n) is 11.2. The van der Waals surface area contributed by atoms with Gasteiger partial charge in [0.2, 0.25) is 0 Å². The summed E-state index contributed by atoms with van der Waals surface area (Å²) in [5.41, 5.74) is 8.33. The number of nitrogens with zero attached hydrogens (tertiary/aromatic N) is 1. The minimum Gasteiger partial charge on any atom is -0.496 e. The molecule has 6 nitrogen and oxygen atoms in total. The van der Waals surface area contributed by atoms with Crippen molar-refractivity contribution in [2.24, 2.45) is 0 Å². The highest BCUT2D eigenvalue weighted by Gasteiger charge is 2.26. The van der Waals surface area contributed by atoms with Crippen molar-refractivity contribution in [1.82, 2.24) is 4.90 Å². The van der Waals surface area contributed by atoms with Crippen LogP contribution < -0.4 is 9.47 Å². The van der Waals surface area contributed by atoms with Crippen molar-refractivity contribution in [2.45, 2.75) is 67.9 Å². The van der Waals surface area contributed by atoms with E-state index in [2.05, 4.69) is 19.9 Å². The molecule has 0 spiro atoms. The normalized spacial score (nSPS) is 11.3. The molecule has 0 N–H and O–H groups in total. The third kappa shape index (κ3) is 5.60. The van der Waals surface area contributed by atoms with Gasteiger partial charge in [-0.25, -0.2) is 4.79 Å². The zero-order valence-corrected chi connectivity index (χ0v) is 25.0. The summed E-state index contributed by atoms with van der Waals surface area (Å²) < 4.78 is 11.5. The molecule has 0 aliphatic carbocycles. The number of hydrogen-bond donors (Lipinski definition) is 0. The molecule has 1 amide bonds. The van der Waals surface area contributed by atoms with Gasteiger partial charge in [-0.2, -0.15) is 0 Å². The molecule has 0 aliphatic rings. The predicted molar refractivity (Wildman–Crippen MR) is 155 cm³/mol. The number of esters is 1. The molecule has 0 saturated heterocycles. The molecule has 0 bridgehead atoms. The SMILES string of the molecule is COc1c(C)cc(-c2cc(C)c(OC(=O)c3ccc(C(=O)N(C)C(C)(C)C)c(C=O)c3)c(C)c2C)c(C)c1C. The molecule has 0 heterocycles. The smallest absolute Gasteiger partial charge is 0.343 e. The van der Waals surface area contributed by atoms with E-state index in [1.54, 1.807) is 19.1 Å². The number of carbonyl (C=O) groups excluding carboxylic acids is 3. The number of aldehydes is 1. The Labute approximate surface area is 231 Å². The van der Waals surface area contributed by atoms with E-state index >= 15 is 0 Å². The molecule has 0 aromatic heterocycles. The average Bonchev–Trinajstić information content (AvgIpc) is 2.89. The number of benzene rings is 3. The highest BCUT2D eigenvalue weighted by molar-refractivity contribution is 6.03. The molecular formula is C33H39NO5. The number of methoxy groups -OCH3 is 1. The van der Waals surface area contributed by atoms with Crippen LogP contribution in [0, 0.1) is 41.5 Å². The first kappa shape index (κ1) is 29.6. The van der Waals surface area contributed by atoms with Crippen LogP contribution >= 0.6 is 0 Å². The third-order valence-corrected chi connectivity index (χ3v) is 7.70. The molecule has 3 rings (SSSR count). The zero-order valence-electron chi connectivity index (χ0n) is 25.0. The minimum absolute atomic E-state index is 0.145. The van der Waals surface area contributed by atoms with Gasteiger partial charge in [0.25, 0.3) is 5.91 Å². The van der Waals surface area contributed by atoms with Crippen LogP contribution in [0.4, 0.5) is 0 Å². The number of aryl methyl sites for hydroxylation is 2. The fourth-order valence-corrected chi connectivity index (χ4v) is 4.77. The van der Waals surface area contributed by atoms with Crippen molar-refractivity contribution in [3.05, 3.63) is 80.4 Å². The van der Waals surface area contributed by atoms with E-state index in [9.17, 15) is 14.4 Å². The first-order valence-electron chi connectivity index (χ1n) is 13.0. The number of hydrogen-bond acceptors (Lipinski definition) is 5. The molecule has 3 aromatic rings. The van der Waals surface area contributed by atoms with Crippen LogP contribution in [-0.2, 0) is 0 Å². The molecule has 3 aromatic carbocycles. The van der Waals surface area contributed by atoms with E-state index in [0.717, 1.165) is 50.3 Å². The van der Waals surface area contributed by atoms with Crippen molar-refractivity contribution >= 4 is 18.2 Å². The molecule has 0 saturated carbocycles. The first-order valence-corrected chi connectivity index (χ1v) is 13.0. The van der Waals surface area contributed by atoms with Crippen LogP contribution in [0.2, 0.25) is 0 Å². The topological polar surface area (TPSA) is 72.9 Å². The van der Waals surface area contributed by atoms with Gasteiger partial charge in [-0.3, -0.25) is 9.59 Å². The molecule has 0 radical (unpaired) electrons. The van der Waals surface area contributed by atoms with Crippen molar-refractivity contribution < 1.29 is 23.9 Å². The maximum atomic E-state index is 13.2. The van der Waals surface area contributed by atoms with E-state index in [-0.39, 0.29) is 22.6 Å². The number of carbonyl (C=O) groups is 3. The lowest BCUT2D eigenvalue weighted by molar-refractivity contribution is 0.0651. The number of ether oxygens (including phenoxy) is 2. The molecule has 39 heavy (non-hydrogen) atoms. The van der Waals surface area contributed by atoms with Crippen LogP contribution in [0.15, 0.2) is 30.3 Å². The average molecular weight is 530 g/mol. The summed E-state index contributed by atoms with van der Waals surface area (Å²) in [6.45, 7) is 17.8. The van der Waals surface area contributed by atoms with Gasteiger partial charge in [-0.1, -0.05) is 0 Å². The van der Waals surface area contributed by atoms with Crippen molar-refractivity contribution in [1.29, 1.82) is 0 Å². The quantitative estimate of drug-likeness (QED) is 0.193. The minimum atomic E-state index is -0.591. The fourth-order valence-electron chi connectivity index (χ4n) is 4.77. The second-order valence-corrected chi connectivity index (χ2v) is 11.2. The predicted octanol–water partition coefficient (Wildman–Crippen LogP) is 7.11. The van der Waals surface area contributed by atoms with Crippen LogP contribution in [0.25, 0.3) is 11.1 Å². The van der Waals surface area contributed by atoms with E-state index in [4.69, 9.17) is 9.47 Å². The summed E-state index contributed by atoms with van der Waals surface area (Å²) in [6, 6.07) is 8.62. The summed E-state index contributed by atoms with van der Waals surface area (Å²) >= 11 is 0. The van der Waals surface area contributed by atoms with Gasteiger partial charge < -0.3 is 14.4 Å². The largest absolute Gasteiger partial charge is 0.496 e. The van der Waals surface area contributed by atoms with Gasteiger partial charge in [0.1, 0.15) is 11.5 Å². The Morgan fingerprint density at radius 1 is 0.795 bits per heavy atom. The van der Waals surface area contributed by atoms with Crippen molar-refractivity contribution in [2.75, 3.05) is 14.2 Å². The Bertz CT molecular complexity index is 1480. The van der Waals surface area contributed by atoms with Crippen LogP contribution in [0.3, 0.4) is 0 Å². The molecule has 0 aliphatic heterocycles. The van der Waals surface area contributed by atoms with E-state index in [0.29, 0.717) is 12.0 Å². The highest BCUT2D eigenvalue weighted by Crippen LogP contribution is 2.39. The summed E-state index contributed by atoms with van der Waals surface area (Å²) in [4.78, 5) is 39.6. The maximum absolute atomic E-state index is 13.2. The molecule has 0 unspecified atom stereocenters. The lowest BCUT2D eigenvalue weighted by atomic mass is 9.88. The fraction of sp³-hybridized carbons (Fsp3) is 0.364. The highest BCUT2D eigenvalue weighted by atomic mass is 16.5. The van der Waals surface area contributed by atoms with Crippen LogP contribution in [0.5, 0.6) is 11.5 Å². The Balaban J connectivity index is 1.99. The van der Waals surface area contributed by atoms with Gasteiger partial charge in [0.15, 0.2) is 6.29 Å². The molecule has 6 heteroatoms. The van der Waals surface area contributed by atoms with E-state index < -0.39 is 11.5 Å². The summed E-state index contributed by atoms with van der Waals surface area (Å²) in [6.07, 6.45) is 0.594. The van der Waals surface area contributed by atoms with Crippen LogP contribution in [0.1, 0.15) is 85.2 Å². The van der Waals surface area contributed by atoms with E-state index in [1.807, 2.05) is 54.5 Å². The van der Waals surface area contributed by atoms with Crippen molar-refractivity contribution in [3.63, 3.8) is 0 Å². The Morgan fingerprint density at radius 2 is 1.31 bits per heavy atom. The second kappa shape index (κ2) is 11.0. The summed E-state index contributed by atoms with van der Waals surface area (Å²) in [5.74, 6) is 0.496. The third-order valence-electron chi connectivity index (χ3n) is 7.70. The Hall–Kier alpha value is -3.93. The number of amides is 1. The Kier molecular flexibility index (Phi) is 8.39. The maximum Gasteiger partial charge on any atom is 0.343 e. The van der Waals surface area contributed by atoms with Gasteiger partial charge >= 0.3 is 5.97 Å². The van der Waals surface area contributed by atoms with Gasteiger partial charge in [0.05, 0.1) is 18.2 Å². The molecular weight excluding hydrogens is 490 g/mol. The Morgan fingerprint density at radius 3 is 1.79 bits per heavy atom. The van der Waals surface area contributed by atoms with Crippen molar-refractivity contribution in [3.8, 4) is 22.6 Å². The molecule has 206 valence electrons. The van der Waals surface area contributed by atoms with Gasteiger partial charge in [0, 0.05) is 18.2 Å². The zero-order chi connectivity index (χ0) is 29.4. The van der Waals surface area contributed by atoms with E-state index in [1.165, 1.54) is 18.2 Å². The standard InChI is InChI=1S/C33H39NO5/c1-18-14-27(20(3)22(5)29(18)38-11)28-15-19(2)30(23(6)21(28)4)39-32(37)24-12-13-26(25(16-24)17-35)31(36)34(10)33(7,8)9/h12-17H,1-11H3. The lowest BCUT2D eigenvalue weighted by Gasteiger charge is -2.32. The van der Waals surface area contributed by atoms with Crippen LogP contribution in [-0.4, -0.2) is 42.8 Å².